The number of ether oxygens (including phenoxy) is 4. The highest BCUT2D eigenvalue weighted by Crippen LogP contribution is 2.42. The summed E-state index contributed by atoms with van der Waals surface area (Å²) in [5.74, 6) is -12.9. The molecule has 326 valence electrons. The summed E-state index contributed by atoms with van der Waals surface area (Å²) in [4.78, 5) is 25.1. The Morgan fingerprint density at radius 2 is 1.24 bits per heavy atom. The van der Waals surface area contributed by atoms with Crippen LogP contribution in [-0.4, -0.2) is 44.8 Å². The van der Waals surface area contributed by atoms with Gasteiger partial charge in [0.15, 0.2) is 0 Å². The highest BCUT2D eigenvalue weighted by Gasteiger charge is 2.38. The molecule has 0 bridgehead atoms. The van der Waals surface area contributed by atoms with E-state index in [4.69, 9.17) is 25.8 Å². The van der Waals surface area contributed by atoms with Gasteiger partial charge < -0.3 is 23.8 Å². The highest BCUT2D eigenvalue weighted by molar-refractivity contribution is 6.33. The van der Waals surface area contributed by atoms with E-state index >= 15 is 0 Å². The molecule has 0 N–H and O–H groups in total. The Labute approximate surface area is 363 Å². The van der Waals surface area contributed by atoms with E-state index in [-0.39, 0.29) is 36.0 Å². The largest absolute Gasteiger partial charge is 0.497 e. The molecule has 0 unspecified atom stereocenters. The number of non-ortho nitro benzene ring substituents is 1. The first-order valence-electron chi connectivity index (χ1n) is 19.3. The van der Waals surface area contributed by atoms with Crippen LogP contribution >= 0.6 is 11.6 Å². The molecule has 6 aromatic rings. The topological polar surface area (TPSA) is 125 Å². The minimum Gasteiger partial charge on any atom is -0.497 e. The summed E-state index contributed by atoms with van der Waals surface area (Å²) in [6.07, 6.45) is 0.0255. The monoisotopic (exact) mass is 888 g/mol. The molecule has 6 rings (SSSR count). The number of rotatable bonds is 19. The van der Waals surface area contributed by atoms with Gasteiger partial charge in [-0.05, 0) is 84.1 Å². The minimum absolute atomic E-state index is 0.0342. The van der Waals surface area contributed by atoms with Crippen molar-refractivity contribution in [3.8, 4) is 17.2 Å². The summed E-state index contributed by atoms with van der Waals surface area (Å²) in [7, 11) is 3.16. The van der Waals surface area contributed by atoms with Crippen molar-refractivity contribution in [2.24, 2.45) is 10.2 Å². The maximum atomic E-state index is 14.3. The molecule has 0 aromatic heterocycles. The second kappa shape index (κ2) is 20.8. The number of hydrogen-bond donors (Lipinski definition) is 0. The quantitative estimate of drug-likeness (QED) is 0.00752. The molecule has 0 fully saturated rings. The molecule has 0 aliphatic rings. The molecule has 11 nitrogen and oxygen atoms in total. The summed E-state index contributed by atoms with van der Waals surface area (Å²) in [5.41, 5.74) is 2.48. The lowest BCUT2D eigenvalue weighted by atomic mass is 9.80. The van der Waals surface area contributed by atoms with Crippen LogP contribution in [0.2, 0.25) is 5.02 Å². The van der Waals surface area contributed by atoms with Gasteiger partial charge in [-0.25, -0.2) is 13.2 Å². The smallest absolute Gasteiger partial charge is 0.311 e. The molecule has 0 heterocycles. The van der Waals surface area contributed by atoms with E-state index in [1.807, 2.05) is 83.8 Å². The summed E-state index contributed by atoms with van der Waals surface area (Å²) < 4.78 is 92.1. The van der Waals surface area contributed by atoms with Crippen LogP contribution in [0.4, 0.5) is 44.7 Å². The van der Waals surface area contributed by atoms with E-state index < -0.39 is 57.8 Å². The molecule has 0 amide bonds. The Morgan fingerprint density at radius 1 is 0.698 bits per heavy atom. The molecule has 0 saturated carbocycles. The van der Waals surface area contributed by atoms with Crippen LogP contribution < -0.4 is 19.1 Å². The molecule has 63 heavy (non-hydrogen) atoms. The van der Waals surface area contributed by atoms with Crippen molar-refractivity contribution in [1.82, 2.24) is 0 Å². The van der Waals surface area contributed by atoms with Gasteiger partial charge in [0.05, 0.1) is 36.5 Å². The van der Waals surface area contributed by atoms with E-state index in [1.54, 1.807) is 38.5 Å². The average molecular weight is 889 g/mol. The third-order valence-corrected chi connectivity index (χ3v) is 10.2. The number of hydrogen-bond acceptors (Lipinski definition) is 10. The number of carbonyl (C=O) groups excluding carboxylic acids is 1. The van der Waals surface area contributed by atoms with Crippen LogP contribution in [0.5, 0.6) is 17.2 Å². The maximum absolute atomic E-state index is 14.3. The predicted octanol–water partition coefficient (Wildman–Crippen LogP) is 12.0. The summed E-state index contributed by atoms with van der Waals surface area (Å²) in [5, 5.41) is 19.4. The third kappa shape index (κ3) is 10.6. The maximum Gasteiger partial charge on any atom is 0.311 e. The average Bonchev–Trinajstić information content (AvgIpc) is 3.31. The number of azo groups is 1. The van der Waals surface area contributed by atoms with Gasteiger partial charge in [-0.1, -0.05) is 66.2 Å². The van der Waals surface area contributed by atoms with Crippen LogP contribution in [0, 0.1) is 39.2 Å². The number of benzene rings is 6. The van der Waals surface area contributed by atoms with Crippen LogP contribution in [0.25, 0.3) is 0 Å². The lowest BCUT2D eigenvalue weighted by molar-refractivity contribution is -0.384. The van der Waals surface area contributed by atoms with Gasteiger partial charge in [-0.15, -0.1) is 5.11 Å². The number of nitro groups is 1. The standard InChI is InChI=1S/C46H38ClF5N4O7/c1-60-35-20-11-30(12-21-35)46(29-8-4-3-5-9-29,31-13-22-36(61-2)23-14-31)62-27-7-26-55(25-6-10-39(57)63-45-43(51)41(49)40(48)42(50)44(45)52)33-17-15-32(16-18-33)53-54-38-24-19-34(56(58)59)28-37(38)47/h3-5,8-9,11-24,28H,6-7,10,25-27H2,1-2H3. The van der Waals surface area contributed by atoms with Crippen molar-refractivity contribution in [2.45, 2.75) is 24.9 Å². The van der Waals surface area contributed by atoms with Crippen molar-refractivity contribution in [3.05, 3.63) is 182 Å². The van der Waals surface area contributed by atoms with Crippen LogP contribution in [0.1, 0.15) is 36.0 Å². The summed E-state index contributed by atoms with van der Waals surface area (Å²) in [6, 6.07) is 35.4. The first kappa shape index (κ1) is 45.6. The number of halogens is 6. The fourth-order valence-corrected chi connectivity index (χ4v) is 6.92. The van der Waals surface area contributed by atoms with Gasteiger partial charge >= 0.3 is 5.97 Å². The van der Waals surface area contributed by atoms with Gasteiger partial charge in [0.25, 0.3) is 5.69 Å². The van der Waals surface area contributed by atoms with Gasteiger partial charge in [0.1, 0.15) is 22.8 Å². The minimum atomic E-state index is -2.37. The van der Waals surface area contributed by atoms with Gasteiger partial charge in [-0.3, -0.25) is 14.9 Å². The van der Waals surface area contributed by atoms with Crippen molar-refractivity contribution in [2.75, 3.05) is 38.8 Å². The molecular weight excluding hydrogens is 851 g/mol. The van der Waals surface area contributed by atoms with E-state index in [0.717, 1.165) is 22.8 Å². The zero-order chi connectivity index (χ0) is 45.1. The summed E-state index contributed by atoms with van der Waals surface area (Å²) in [6.45, 7) is 0.725. The SMILES string of the molecule is COc1ccc(C(OCCCN(CCCC(=O)Oc2c(F)c(F)c(F)c(F)c2F)c2ccc(N=Nc3ccc([N+](=O)[O-])cc3Cl)cc2)(c2ccccc2)c2ccc(OC)cc2)cc1. The Balaban J connectivity index is 1.24. The molecule has 6 aromatic carbocycles. The molecule has 0 atom stereocenters. The second-order valence-corrected chi connectivity index (χ2v) is 14.2. The van der Waals surface area contributed by atoms with E-state index in [9.17, 15) is 36.9 Å². The molecule has 0 radical (unpaired) electrons. The number of methoxy groups -OCH3 is 2. The van der Waals surface area contributed by atoms with Gasteiger partial charge in [0, 0.05) is 37.3 Å². The second-order valence-electron chi connectivity index (χ2n) is 13.8. The van der Waals surface area contributed by atoms with Crippen molar-refractivity contribution in [1.29, 1.82) is 0 Å². The predicted molar refractivity (Wildman–Crippen MR) is 225 cm³/mol. The fourth-order valence-electron chi connectivity index (χ4n) is 6.71. The number of esters is 1. The zero-order valence-electron chi connectivity index (χ0n) is 33.7. The number of nitro benzene ring substituents is 1. The molecule has 0 saturated heterocycles. The number of anilines is 1. The summed E-state index contributed by atoms with van der Waals surface area (Å²) >= 11 is 6.17. The van der Waals surface area contributed by atoms with Crippen LogP contribution in [0.3, 0.4) is 0 Å². The van der Waals surface area contributed by atoms with Gasteiger partial charge in [-0.2, -0.15) is 13.9 Å². The van der Waals surface area contributed by atoms with E-state index in [2.05, 4.69) is 15.0 Å². The normalized spacial score (nSPS) is 11.4. The van der Waals surface area contributed by atoms with Crippen molar-refractivity contribution < 1.29 is 50.6 Å². The Kier molecular flexibility index (Phi) is 15.0. The molecule has 0 spiro atoms. The molecular formula is C46H38ClF5N4O7. The Bertz CT molecular complexity index is 2490. The van der Waals surface area contributed by atoms with Crippen molar-refractivity contribution >= 4 is 40.3 Å². The molecule has 0 aliphatic carbocycles. The third-order valence-electron chi connectivity index (χ3n) is 9.89. The Hall–Kier alpha value is -6.91. The molecule has 17 heteroatoms. The highest BCUT2D eigenvalue weighted by atomic mass is 35.5. The van der Waals surface area contributed by atoms with Gasteiger partial charge in [0.2, 0.25) is 34.8 Å². The lowest BCUT2D eigenvalue weighted by Crippen LogP contribution is -2.34. The van der Waals surface area contributed by atoms with E-state index in [1.165, 1.54) is 12.1 Å². The first-order chi connectivity index (χ1) is 30.4. The van der Waals surface area contributed by atoms with Crippen LogP contribution in [0.15, 0.2) is 132 Å². The van der Waals surface area contributed by atoms with Crippen molar-refractivity contribution in [3.63, 3.8) is 0 Å². The fraction of sp³-hybridized carbons (Fsp3) is 0.196. The number of nitrogens with zero attached hydrogens (tertiary/aromatic N) is 4. The lowest BCUT2D eigenvalue weighted by Gasteiger charge is -2.36. The van der Waals surface area contributed by atoms with E-state index in [0.29, 0.717) is 35.8 Å². The first-order valence-corrected chi connectivity index (χ1v) is 19.7. The molecule has 0 aliphatic heterocycles. The zero-order valence-corrected chi connectivity index (χ0v) is 34.5. The number of carbonyl (C=O) groups is 1. The van der Waals surface area contributed by atoms with Crippen LogP contribution in [-0.2, 0) is 15.1 Å². The Morgan fingerprint density at radius 3 is 1.78 bits per heavy atom.